The highest BCUT2D eigenvalue weighted by Crippen LogP contribution is 2.35. The monoisotopic (exact) mass is 1030 g/mol. The van der Waals surface area contributed by atoms with Crippen molar-refractivity contribution in [2.45, 2.75) is 174 Å². The molecule has 0 aromatic rings. The predicted octanol–water partition coefficient (Wildman–Crippen LogP) is -11.7. The number of hydrogen-bond acceptors (Lipinski definition) is 28. The zero-order valence-corrected chi connectivity index (χ0v) is 37.6. The number of aliphatic hydroxyl groups is 13. The molecule has 5 heterocycles. The van der Waals surface area contributed by atoms with Gasteiger partial charge < -0.3 is 125 Å². The number of rotatable bonds is 18. The van der Waals surface area contributed by atoms with Crippen LogP contribution in [0.4, 0.5) is 0 Å². The molecule has 5 saturated heterocycles. The summed E-state index contributed by atoms with van der Waals surface area (Å²) in [5, 5.41) is 145. The van der Waals surface area contributed by atoms with Gasteiger partial charge in [-0.25, -0.2) is 4.18 Å². The van der Waals surface area contributed by atoms with Crippen LogP contribution in [0.3, 0.4) is 0 Å². The Kier molecular flexibility index (Phi) is 20.3. The normalized spacial score (nSPS) is 45.3. The van der Waals surface area contributed by atoms with Gasteiger partial charge in [0.05, 0.1) is 33.0 Å². The lowest BCUT2D eigenvalue weighted by molar-refractivity contribution is -0.360. The van der Waals surface area contributed by atoms with Crippen molar-refractivity contribution in [3.63, 3.8) is 0 Å². The first-order valence-electron chi connectivity index (χ1n) is 21.2. The largest absolute Gasteiger partial charge is 0.397 e. The summed E-state index contributed by atoms with van der Waals surface area (Å²) >= 11 is 0. The Balaban J connectivity index is 1.42. The molecule has 17 N–H and O–H groups in total. The third-order valence-corrected chi connectivity index (χ3v) is 12.1. The SMILES string of the molecule is CC(=O)N[C@@H]1[C@@H](OC2O[C@H](CO)[C@@H](O)[C@H](OC3O[C@H](CO)[C@H](O)[C@H](O)[C@H]3O)[C@H]2NC(C)=O)[C@@H](O)[C@@H](COC2O[C@H](COS(=O)(=O)O)[C@@H](OC3O[C@H](CO)[C@H](O)[C@H](O)[C@H]3O)[C@H](O)[C@H]2NC(C)=O)O[C@H]1O. The Morgan fingerprint density at radius 2 is 0.855 bits per heavy atom. The molecular formula is C36H61N3O29S. The van der Waals surface area contributed by atoms with Crippen molar-refractivity contribution in [3.05, 3.63) is 0 Å². The summed E-state index contributed by atoms with van der Waals surface area (Å²) in [5.41, 5.74) is 0. The van der Waals surface area contributed by atoms with Gasteiger partial charge in [0.2, 0.25) is 17.7 Å². The van der Waals surface area contributed by atoms with Gasteiger partial charge in [-0.2, -0.15) is 8.42 Å². The Morgan fingerprint density at radius 3 is 1.35 bits per heavy atom. The van der Waals surface area contributed by atoms with Crippen molar-refractivity contribution in [3.8, 4) is 0 Å². The van der Waals surface area contributed by atoms with E-state index in [-0.39, 0.29) is 0 Å². The highest BCUT2D eigenvalue weighted by molar-refractivity contribution is 7.80. The van der Waals surface area contributed by atoms with Gasteiger partial charge >= 0.3 is 10.4 Å². The van der Waals surface area contributed by atoms with Crippen LogP contribution in [0.1, 0.15) is 20.8 Å². The molecule has 3 amide bonds. The summed E-state index contributed by atoms with van der Waals surface area (Å²) < 4.78 is 88.4. The number of carbonyl (C=O) groups is 3. The fourth-order valence-electron chi connectivity index (χ4n) is 8.28. The zero-order valence-electron chi connectivity index (χ0n) is 36.8. The molecule has 0 aliphatic carbocycles. The van der Waals surface area contributed by atoms with E-state index in [9.17, 15) is 93.7 Å². The summed E-state index contributed by atoms with van der Waals surface area (Å²) in [6, 6.07) is -5.19. The van der Waals surface area contributed by atoms with Gasteiger partial charge in [0.15, 0.2) is 31.5 Å². The van der Waals surface area contributed by atoms with Crippen molar-refractivity contribution in [2.75, 3.05) is 33.0 Å². The third-order valence-electron chi connectivity index (χ3n) is 11.7. The number of carbonyl (C=O) groups excluding carboxylic acids is 3. The highest BCUT2D eigenvalue weighted by Gasteiger charge is 2.56. The van der Waals surface area contributed by atoms with Crippen molar-refractivity contribution in [1.29, 1.82) is 0 Å². The minimum atomic E-state index is -5.26. The molecule has 32 nitrogen and oxygen atoms in total. The molecule has 0 aromatic carbocycles. The molecule has 69 heavy (non-hydrogen) atoms. The molecule has 0 radical (unpaired) electrons. The molecular weight excluding hydrogens is 970 g/mol. The zero-order chi connectivity index (χ0) is 51.4. The van der Waals surface area contributed by atoms with E-state index < -0.39 is 214 Å². The van der Waals surface area contributed by atoms with Gasteiger partial charge in [-0.05, 0) is 0 Å². The topological polar surface area (TPSA) is 497 Å². The smallest absolute Gasteiger partial charge is 0.394 e. The molecule has 5 rings (SSSR count). The molecule has 33 heteroatoms. The number of aliphatic hydroxyl groups excluding tert-OH is 13. The summed E-state index contributed by atoms with van der Waals surface area (Å²) in [7, 11) is -5.26. The number of hydrogen-bond donors (Lipinski definition) is 17. The van der Waals surface area contributed by atoms with Crippen molar-refractivity contribution in [1.82, 2.24) is 16.0 Å². The minimum Gasteiger partial charge on any atom is -0.394 e. The molecule has 5 fully saturated rings. The van der Waals surface area contributed by atoms with Crippen LogP contribution in [0.2, 0.25) is 0 Å². The van der Waals surface area contributed by atoms with E-state index in [2.05, 4.69) is 20.1 Å². The standard InChI is InChI=1S/C36H61N3O29S/c1-9(43)37-17-24(50)29(66-35-27(53)25(51)20(46)12(4-40)63-35)16(8-60-69(56,57)58)65-33(17)59-7-15-23(49)30(18(32(55)61-15)38-10(2)44)67-34-19(39-11(3)45)31(22(48)14(6-42)62-34)68-36-28(54)26(52)21(47)13(5-41)64-36/h12-36,40-42,46-55H,4-8H2,1-3H3,(H,37,43)(H,38,44)(H,39,45)(H,56,57,58)/t12-,13-,14-,15-,16-,17-,18-,19-,20+,21+,22-,23+,24-,25+,26+,27-,28-,29-,30-,31-,32-,33?,34?,35?,36?/m1/s1. The number of nitrogens with one attached hydrogen (secondary N) is 3. The van der Waals surface area contributed by atoms with Crippen LogP contribution < -0.4 is 16.0 Å². The molecule has 0 bridgehead atoms. The van der Waals surface area contributed by atoms with Gasteiger partial charge in [0.25, 0.3) is 0 Å². The minimum absolute atomic E-state index is 0.824. The van der Waals surface area contributed by atoms with Crippen LogP contribution >= 0.6 is 0 Å². The van der Waals surface area contributed by atoms with Crippen molar-refractivity contribution >= 4 is 28.1 Å². The second-order valence-corrected chi connectivity index (χ2v) is 17.8. The van der Waals surface area contributed by atoms with Gasteiger partial charge in [-0.1, -0.05) is 0 Å². The highest BCUT2D eigenvalue weighted by atomic mass is 32.3. The van der Waals surface area contributed by atoms with Crippen molar-refractivity contribution < 1.29 is 141 Å². The predicted molar refractivity (Wildman–Crippen MR) is 212 cm³/mol. The lowest BCUT2D eigenvalue weighted by Crippen LogP contribution is -2.71. The molecule has 25 atom stereocenters. The van der Waals surface area contributed by atoms with E-state index in [1.54, 1.807) is 0 Å². The maximum absolute atomic E-state index is 12.6. The quantitative estimate of drug-likeness (QED) is 0.0567. The second-order valence-electron chi connectivity index (χ2n) is 16.7. The lowest BCUT2D eigenvalue weighted by Gasteiger charge is -2.50. The Labute approximate surface area is 391 Å². The van der Waals surface area contributed by atoms with E-state index >= 15 is 0 Å². The summed E-state index contributed by atoms with van der Waals surface area (Å²) in [4.78, 5) is 37.4. The van der Waals surface area contributed by atoms with Crippen LogP contribution in [0.25, 0.3) is 0 Å². The summed E-state index contributed by atoms with van der Waals surface area (Å²) in [6.07, 6.45) is -41.8. The third kappa shape index (κ3) is 13.7. The molecule has 0 aromatic heterocycles. The first-order valence-corrected chi connectivity index (χ1v) is 22.6. The second kappa shape index (κ2) is 24.4. The summed E-state index contributed by atoms with van der Waals surface area (Å²) in [5.74, 6) is -2.51. The van der Waals surface area contributed by atoms with E-state index in [0.717, 1.165) is 20.8 Å². The average Bonchev–Trinajstić information content (AvgIpc) is 3.27. The van der Waals surface area contributed by atoms with Crippen LogP contribution in [0.15, 0.2) is 0 Å². The van der Waals surface area contributed by atoms with Gasteiger partial charge in [-0.3, -0.25) is 18.9 Å². The fraction of sp³-hybridized carbons (Fsp3) is 0.917. The molecule has 4 unspecified atom stereocenters. The van der Waals surface area contributed by atoms with E-state index in [1.807, 2.05) is 0 Å². The molecule has 400 valence electrons. The van der Waals surface area contributed by atoms with Crippen LogP contribution in [-0.2, 0) is 71.6 Å². The average molecular weight is 1030 g/mol. The van der Waals surface area contributed by atoms with Crippen LogP contribution in [0, 0.1) is 0 Å². The van der Waals surface area contributed by atoms with E-state index in [4.69, 9.17) is 42.6 Å². The number of amides is 3. The Morgan fingerprint density at radius 1 is 0.449 bits per heavy atom. The fourth-order valence-corrected chi connectivity index (χ4v) is 8.58. The Hall–Kier alpha value is -2.60. The molecule has 5 aliphatic rings. The van der Waals surface area contributed by atoms with E-state index in [0.29, 0.717) is 0 Å². The molecule has 0 saturated carbocycles. The van der Waals surface area contributed by atoms with Crippen LogP contribution in [-0.4, -0.2) is 283 Å². The molecule has 5 aliphatic heterocycles. The summed E-state index contributed by atoms with van der Waals surface area (Å²) in [6.45, 7) is -1.89. The Bertz CT molecular complexity index is 1810. The maximum atomic E-state index is 12.6. The molecule has 0 spiro atoms. The van der Waals surface area contributed by atoms with Crippen LogP contribution in [0.5, 0.6) is 0 Å². The number of ether oxygens (including phenoxy) is 9. The van der Waals surface area contributed by atoms with Gasteiger partial charge in [-0.15, -0.1) is 0 Å². The van der Waals surface area contributed by atoms with Crippen molar-refractivity contribution in [2.24, 2.45) is 0 Å². The lowest BCUT2D eigenvalue weighted by atomic mass is 9.93. The first-order chi connectivity index (χ1) is 32.3. The maximum Gasteiger partial charge on any atom is 0.397 e. The van der Waals surface area contributed by atoms with E-state index in [1.165, 1.54) is 0 Å². The van der Waals surface area contributed by atoms with Gasteiger partial charge in [0.1, 0.15) is 122 Å². The van der Waals surface area contributed by atoms with Gasteiger partial charge in [0, 0.05) is 20.8 Å². The first kappa shape index (κ1) is 57.3.